The number of hydrogen-bond donors (Lipinski definition) is 0. The Hall–Kier alpha value is -2.82. The van der Waals surface area contributed by atoms with Gasteiger partial charge in [0.15, 0.2) is 17.3 Å². The molecule has 0 aromatic heterocycles. The SMILES string of the molecule is O=C(CN(C1=NCCCCC1)c1ccccc1)c1ccc2c(c1)OCCO2. The van der Waals surface area contributed by atoms with E-state index in [1.807, 2.05) is 42.5 Å². The van der Waals surface area contributed by atoms with Gasteiger partial charge in [-0.05, 0) is 43.2 Å². The molecule has 0 N–H and O–H groups in total. The van der Waals surface area contributed by atoms with Gasteiger partial charge >= 0.3 is 0 Å². The third kappa shape index (κ3) is 4.13. The van der Waals surface area contributed by atoms with Gasteiger partial charge in [0.2, 0.25) is 0 Å². The van der Waals surface area contributed by atoms with Crippen LogP contribution >= 0.6 is 0 Å². The molecule has 0 bridgehead atoms. The minimum atomic E-state index is 0.0442. The number of nitrogens with zero attached hydrogens (tertiary/aromatic N) is 2. The summed E-state index contributed by atoms with van der Waals surface area (Å²) in [5.41, 5.74) is 1.64. The molecule has 0 atom stereocenters. The molecular formula is C22H24N2O3. The van der Waals surface area contributed by atoms with Gasteiger partial charge in [-0.1, -0.05) is 24.6 Å². The number of rotatable bonds is 4. The van der Waals surface area contributed by atoms with Crippen LogP contribution in [0.1, 0.15) is 36.0 Å². The number of carbonyl (C=O) groups excluding carboxylic acids is 1. The summed E-state index contributed by atoms with van der Waals surface area (Å²) in [7, 11) is 0. The molecule has 2 aromatic rings. The van der Waals surface area contributed by atoms with E-state index in [1.54, 1.807) is 6.07 Å². The quantitative estimate of drug-likeness (QED) is 0.766. The van der Waals surface area contributed by atoms with Gasteiger partial charge in [-0.2, -0.15) is 0 Å². The number of hydrogen-bond acceptors (Lipinski definition) is 5. The highest BCUT2D eigenvalue weighted by molar-refractivity contribution is 6.07. The van der Waals surface area contributed by atoms with Crippen LogP contribution in [0, 0.1) is 0 Å². The van der Waals surface area contributed by atoms with E-state index in [-0.39, 0.29) is 12.3 Å². The standard InChI is InChI=1S/C22H24N2O3/c25-19(17-10-11-20-21(15-17)27-14-13-26-20)16-24(18-7-3-1-4-8-18)22-9-5-2-6-12-23-22/h1,3-4,7-8,10-11,15H,2,5-6,9,12-14,16H2. The predicted octanol–water partition coefficient (Wildman–Crippen LogP) is 4.12. The summed E-state index contributed by atoms with van der Waals surface area (Å²) in [5, 5.41) is 0. The lowest BCUT2D eigenvalue weighted by Gasteiger charge is -2.26. The van der Waals surface area contributed by atoms with E-state index < -0.39 is 0 Å². The zero-order valence-corrected chi connectivity index (χ0v) is 15.4. The molecule has 2 aromatic carbocycles. The van der Waals surface area contributed by atoms with E-state index in [4.69, 9.17) is 14.5 Å². The normalized spacial score (nSPS) is 16.2. The number of ketones is 1. The van der Waals surface area contributed by atoms with Crippen molar-refractivity contribution in [2.24, 2.45) is 4.99 Å². The first-order valence-electron chi connectivity index (χ1n) is 9.60. The van der Waals surface area contributed by atoms with Gasteiger partial charge in [-0.25, -0.2) is 0 Å². The first kappa shape index (κ1) is 17.6. The first-order valence-corrected chi connectivity index (χ1v) is 9.60. The number of carbonyl (C=O) groups is 1. The molecule has 0 saturated heterocycles. The number of Topliss-reactive ketones (excluding diaryl/α,β-unsaturated/α-hetero) is 1. The smallest absolute Gasteiger partial charge is 0.182 e. The van der Waals surface area contributed by atoms with E-state index in [2.05, 4.69) is 4.90 Å². The fraction of sp³-hybridized carbons (Fsp3) is 0.364. The van der Waals surface area contributed by atoms with Crippen molar-refractivity contribution in [3.05, 3.63) is 54.1 Å². The molecule has 0 fully saturated rings. The van der Waals surface area contributed by atoms with Crippen molar-refractivity contribution in [2.75, 3.05) is 31.2 Å². The van der Waals surface area contributed by atoms with E-state index >= 15 is 0 Å². The van der Waals surface area contributed by atoms with Crippen molar-refractivity contribution in [2.45, 2.75) is 25.7 Å². The van der Waals surface area contributed by atoms with E-state index in [1.165, 1.54) is 6.42 Å². The van der Waals surface area contributed by atoms with Crippen molar-refractivity contribution in [1.82, 2.24) is 0 Å². The topological polar surface area (TPSA) is 51.1 Å². The van der Waals surface area contributed by atoms with E-state index in [0.717, 1.165) is 37.3 Å². The maximum atomic E-state index is 13.0. The summed E-state index contributed by atoms with van der Waals surface area (Å²) in [6.45, 7) is 2.15. The lowest BCUT2D eigenvalue weighted by atomic mass is 10.1. The molecule has 0 unspecified atom stereocenters. The lowest BCUT2D eigenvalue weighted by Crippen LogP contribution is -2.36. The van der Waals surface area contributed by atoms with Crippen LogP contribution in [0.2, 0.25) is 0 Å². The van der Waals surface area contributed by atoms with E-state index in [0.29, 0.717) is 30.3 Å². The third-order valence-corrected chi connectivity index (χ3v) is 4.90. The van der Waals surface area contributed by atoms with Crippen LogP contribution in [0.15, 0.2) is 53.5 Å². The summed E-state index contributed by atoms with van der Waals surface area (Å²) < 4.78 is 11.2. The predicted molar refractivity (Wildman–Crippen MR) is 106 cm³/mol. The molecule has 5 heteroatoms. The molecule has 140 valence electrons. The molecule has 27 heavy (non-hydrogen) atoms. The summed E-state index contributed by atoms with van der Waals surface area (Å²) in [6.07, 6.45) is 4.32. The van der Waals surface area contributed by atoms with Gasteiger partial charge in [0, 0.05) is 24.2 Å². The molecule has 2 aliphatic rings. The summed E-state index contributed by atoms with van der Waals surface area (Å²) in [6, 6.07) is 15.5. The number of para-hydroxylation sites is 1. The van der Waals surface area contributed by atoms with Crippen LogP contribution in [0.4, 0.5) is 5.69 Å². The van der Waals surface area contributed by atoms with Gasteiger partial charge in [-0.3, -0.25) is 9.79 Å². The summed E-state index contributed by atoms with van der Waals surface area (Å²) >= 11 is 0. The summed E-state index contributed by atoms with van der Waals surface area (Å²) in [5.74, 6) is 2.39. The second-order valence-electron chi connectivity index (χ2n) is 6.81. The van der Waals surface area contributed by atoms with Crippen LogP contribution in [-0.4, -0.2) is 37.9 Å². The molecule has 0 amide bonds. The molecule has 2 heterocycles. The third-order valence-electron chi connectivity index (χ3n) is 4.90. The molecule has 4 rings (SSSR count). The Bertz CT molecular complexity index is 833. The average Bonchev–Trinajstić information content (AvgIpc) is 3.01. The number of amidine groups is 1. The Morgan fingerprint density at radius 3 is 2.63 bits per heavy atom. The lowest BCUT2D eigenvalue weighted by molar-refractivity contribution is 0.100. The van der Waals surface area contributed by atoms with Gasteiger partial charge in [-0.15, -0.1) is 0 Å². The largest absolute Gasteiger partial charge is 0.486 e. The highest BCUT2D eigenvalue weighted by Crippen LogP contribution is 2.31. The number of anilines is 1. The molecule has 0 spiro atoms. The van der Waals surface area contributed by atoms with Crippen molar-refractivity contribution in [3.63, 3.8) is 0 Å². The zero-order chi connectivity index (χ0) is 18.5. The molecule has 0 aliphatic carbocycles. The minimum Gasteiger partial charge on any atom is -0.486 e. The molecule has 2 aliphatic heterocycles. The zero-order valence-electron chi connectivity index (χ0n) is 15.4. The molecular weight excluding hydrogens is 340 g/mol. The second kappa shape index (κ2) is 8.25. The number of ether oxygens (including phenoxy) is 2. The molecule has 0 radical (unpaired) electrons. The number of benzene rings is 2. The fourth-order valence-electron chi connectivity index (χ4n) is 3.47. The second-order valence-corrected chi connectivity index (χ2v) is 6.81. The van der Waals surface area contributed by atoms with Crippen LogP contribution in [-0.2, 0) is 0 Å². The maximum Gasteiger partial charge on any atom is 0.182 e. The van der Waals surface area contributed by atoms with Crippen molar-refractivity contribution >= 4 is 17.3 Å². The Morgan fingerprint density at radius 2 is 1.78 bits per heavy atom. The van der Waals surface area contributed by atoms with Crippen LogP contribution < -0.4 is 14.4 Å². The van der Waals surface area contributed by atoms with Crippen molar-refractivity contribution < 1.29 is 14.3 Å². The fourth-order valence-corrected chi connectivity index (χ4v) is 3.47. The number of aliphatic imine (C=N–C) groups is 1. The van der Waals surface area contributed by atoms with Gasteiger partial charge in [0.25, 0.3) is 0 Å². The Kier molecular flexibility index (Phi) is 5.37. The Morgan fingerprint density at radius 1 is 0.963 bits per heavy atom. The highest BCUT2D eigenvalue weighted by Gasteiger charge is 2.21. The van der Waals surface area contributed by atoms with Crippen LogP contribution in [0.25, 0.3) is 0 Å². The van der Waals surface area contributed by atoms with Crippen LogP contribution in [0.5, 0.6) is 11.5 Å². The average molecular weight is 364 g/mol. The highest BCUT2D eigenvalue weighted by atomic mass is 16.6. The maximum absolute atomic E-state index is 13.0. The first-order chi connectivity index (χ1) is 13.3. The number of fused-ring (bicyclic) bond motifs is 1. The van der Waals surface area contributed by atoms with Gasteiger partial charge < -0.3 is 14.4 Å². The van der Waals surface area contributed by atoms with Crippen LogP contribution in [0.3, 0.4) is 0 Å². The Labute approximate surface area is 159 Å². The van der Waals surface area contributed by atoms with Crippen molar-refractivity contribution in [1.29, 1.82) is 0 Å². The molecule has 0 saturated carbocycles. The minimum absolute atomic E-state index is 0.0442. The van der Waals surface area contributed by atoms with Crippen molar-refractivity contribution in [3.8, 4) is 11.5 Å². The van der Waals surface area contributed by atoms with E-state index in [9.17, 15) is 4.79 Å². The van der Waals surface area contributed by atoms with Gasteiger partial charge in [0.05, 0.1) is 6.54 Å². The Balaban J connectivity index is 1.59. The molecule has 5 nitrogen and oxygen atoms in total. The summed E-state index contributed by atoms with van der Waals surface area (Å²) in [4.78, 5) is 19.9. The monoisotopic (exact) mass is 364 g/mol. The van der Waals surface area contributed by atoms with Gasteiger partial charge in [0.1, 0.15) is 19.0 Å².